The largest absolute Gasteiger partial charge is 0.411 e. The lowest BCUT2D eigenvalue weighted by molar-refractivity contribution is -0.0312. The van der Waals surface area contributed by atoms with Crippen molar-refractivity contribution in [1.29, 1.82) is 0 Å². The Morgan fingerprint density at radius 3 is 2.05 bits per heavy atom. The Labute approximate surface area is 230 Å². The number of aliphatic hydroxyl groups is 1. The minimum absolute atomic E-state index is 0.0691. The summed E-state index contributed by atoms with van der Waals surface area (Å²) in [7, 11) is -0.226. The van der Waals surface area contributed by atoms with Crippen molar-refractivity contribution in [2.24, 2.45) is 23.2 Å². The standard InChI is InChI=1S/C32H58O4Si/c1-23(20-25(3)30(33)31(5,6)7)19-24(2)29(34-11)26(4)28(36-37(12,13)32(8,9)10)22-35-21-27-17-15-14-16-18-27/h14-19,23,25-26,28-30,33H,20-22H2,1-13H3/b24-19+/t23-,25-,26-,28+,29+,30?/m0/s1. The maximum atomic E-state index is 10.7. The summed E-state index contributed by atoms with van der Waals surface area (Å²) in [5.41, 5.74) is 2.27. The first-order valence-corrected chi connectivity index (χ1v) is 17.0. The summed E-state index contributed by atoms with van der Waals surface area (Å²) < 4.78 is 19.3. The molecule has 0 fully saturated rings. The molecule has 0 amide bonds. The highest BCUT2D eigenvalue weighted by atomic mass is 28.4. The minimum atomic E-state index is -2.02. The molecular formula is C32H58O4Si. The number of hydrogen-bond donors (Lipinski definition) is 1. The van der Waals surface area contributed by atoms with Crippen LogP contribution in [0.15, 0.2) is 42.0 Å². The molecule has 0 spiro atoms. The third kappa shape index (κ3) is 11.0. The lowest BCUT2D eigenvalue weighted by atomic mass is 9.78. The van der Waals surface area contributed by atoms with Crippen LogP contribution in [0.4, 0.5) is 0 Å². The highest BCUT2D eigenvalue weighted by molar-refractivity contribution is 6.74. The van der Waals surface area contributed by atoms with E-state index >= 15 is 0 Å². The van der Waals surface area contributed by atoms with Gasteiger partial charge < -0.3 is 19.0 Å². The first kappa shape index (κ1) is 34.0. The highest BCUT2D eigenvalue weighted by Crippen LogP contribution is 2.39. The fourth-order valence-corrected chi connectivity index (χ4v) is 6.30. The number of methoxy groups -OCH3 is 1. The van der Waals surface area contributed by atoms with E-state index in [4.69, 9.17) is 13.9 Å². The Balaban J connectivity index is 3.06. The Kier molecular flexibility index (Phi) is 13.3. The van der Waals surface area contributed by atoms with Crippen LogP contribution in [0.1, 0.15) is 81.2 Å². The molecule has 0 saturated carbocycles. The van der Waals surface area contributed by atoms with E-state index in [-0.39, 0.29) is 40.6 Å². The van der Waals surface area contributed by atoms with Gasteiger partial charge in [0, 0.05) is 13.0 Å². The number of ether oxygens (including phenoxy) is 2. The molecule has 0 aromatic heterocycles. The van der Waals surface area contributed by atoms with Crippen molar-refractivity contribution in [3.63, 3.8) is 0 Å². The number of allylic oxidation sites excluding steroid dienone is 1. The zero-order valence-electron chi connectivity index (χ0n) is 26.2. The molecule has 0 heterocycles. The average molecular weight is 535 g/mol. The van der Waals surface area contributed by atoms with Gasteiger partial charge in [-0.1, -0.05) is 98.7 Å². The van der Waals surface area contributed by atoms with Gasteiger partial charge in [-0.3, -0.25) is 0 Å². The molecule has 37 heavy (non-hydrogen) atoms. The van der Waals surface area contributed by atoms with E-state index < -0.39 is 8.32 Å². The molecule has 1 aromatic rings. The average Bonchev–Trinajstić information content (AvgIpc) is 2.77. The van der Waals surface area contributed by atoms with Crippen molar-refractivity contribution in [2.75, 3.05) is 13.7 Å². The van der Waals surface area contributed by atoms with Gasteiger partial charge >= 0.3 is 0 Å². The summed E-state index contributed by atoms with van der Waals surface area (Å²) in [4.78, 5) is 0. The second-order valence-corrected chi connectivity index (χ2v) is 18.6. The van der Waals surface area contributed by atoms with Gasteiger partial charge in [-0.25, -0.2) is 0 Å². The molecule has 1 N–H and O–H groups in total. The molecule has 0 radical (unpaired) electrons. The van der Waals surface area contributed by atoms with Crippen LogP contribution in [0.3, 0.4) is 0 Å². The SMILES string of the molecule is CO[C@H](/C(C)=C/[C@H](C)C[C@H](C)C(O)C(C)(C)C)[C@@H](C)[C@@H](COCc1ccccc1)O[Si](C)(C)C(C)(C)C. The minimum Gasteiger partial charge on any atom is -0.411 e. The van der Waals surface area contributed by atoms with Crippen molar-refractivity contribution in [2.45, 2.75) is 119 Å². The molecule has 1 aromatic carbocycles. The molecule has 1 unspecified atom stereocenters. The quantitative estimate of drug-likeness (QED) is 0.193. The fourth-order valence-electron chi connectivity index (χ4n) is 4.91. The van der Waals surface area contributed by atoms with Crippen molar-refractivity contribution in [3.8, 4) is 0 Å². The summed E-state index contributed by atoms with van der Waals surface area (Å²) in [6.45, 7) is 27.6. The Morgan fingerprint density at radius 2 is 1.57 bits per heavy atom. The molecule has 1 rings (SSSR count). The van der Waals surface area contributed by atoms with Gasteiger partial charge in [-0.15, -0.1) is 0 Å². The molecule has 4 nitrogen and oxygen atoms in total. The summed E-state index contributed by atoms with van der Waals surface area (Å²) in [5.74, 6) is 0.681. The van der Waals surface area contributed by atoms with E-state index in [1.807, 2.05) is 18.2 Å². The van der Waals surface area contributed by atoms with Crippen molar-refractivity contribution in [1.82, 2.24) is 0 Å². The van der Waals surface area contributed by atoms with Crippen molar-refractivity contribution in [3.05, 3.63) is 47.5 Å². The summed E-state index contributed by atoms with van der Waals surface area (Å²) in [5, 5.41) is 10.8. The Morgan fingerprint density at radius 1 is 1.00 bits per heavy atom. The van der Waals surface area contributed by atoms with E-state index in [2.05, 4.69) is 101 Å². The van der Waals surface area contributed by atoms with E-state index in [0.717, 1.165) is 6.42 Å². The van der Waals surface area contributed by atoms with Crippen LogP contribution in [0, 0.1) is 23.2 Å². The van der Waals surface area contributed by atoms with Crippen molar-refractivity contribution >= 4 is 8.32 Å². The monoisotopic (exact) mass is 534 g/mol. The van der Waals surface area contributed by atoms with Gasteiger partial charge in [0.25, 0.3) is 0 Å². The van der Waals surface area contributed by atoms with E-state index in [1.54, 1.807) is 7.11 Å². The number of rotatable bonds is 14. The maximum Gasteiger partial charge on any atom is 0.192 e. The topological polar surface area (TPSA) is 47.9 Å². The Hall–Kier alpha value is -0.983. The number of aliphatic hydroxyl groups excluding tert-OH is 1. The fraction of sp³-hybridized carbons (Fsp3) is 0.750. The molecular weight excluding hydrogens is 476 g/mol. The zero-order valence-corrected chi connectivity index (χ0v) is 27.2. The second-order valence-electron chi connectivity index (χ2n) is 13.8. The van der Waals surface area contributed by atoms with Gasteiger partial charge in [0.2, 0.25) is 0 Å². The van der Waals surface area contributed by atoms with Gasteiger partial charge in [0.05, 0.1) is 31.5 Å². The summed E-state index contributed by atoms with van der Waals surface area (Å²) in [6, 6.07) is 10.3. The lowest BCUT2D eigenvalue weighted by Gasteiger charge is -2.42. The molecule has 0 saturated heterocycles. The van der Waals surface area contributed by atoms with Crippen LogP contribution >= 0.6 is 0 Å². The van der Waals surface area contributed by atoms with Gasteiger partial charge in [-0.05, 0) is 59.9 Å². The normalized spacial score (nSPS) is 18.7. The molecule has 5 heteroatoms. The summed E-state index contributed by atoms with van der Waals surface area (Å²) >= 11 is 0. The molecule has 214 valence electrons. The number of hydrogen-bond acceptors (Lipinski definition) is 4. The molecule has 0 aliphatic heterocycles. The van der Waals surface area contributed by atoms with Crippen LogP contribution in [0.25, 0.3) is 0 Å². The van der Waals surface area contributed by atoms with Crippen LogP contribution in [0.5, 0.6) is 0 Å². The van der Waals surface area contributed by atoms with Crippen LogP contribution in [-0.2, 0) is 20.5 Å². The third-order valence-electron chi connectivity index (χ3n) is 8.13. The van der Waals surface area contributed by atoms with Gasteiger partial charge in [-0.2, -0.15) is 0 Å². The third-order valence-corrected chi connectivity index (χ3v) is 12.6. The predicted octanol–water partition coefficient (Wildman–Crippen LogP) is 8.26. The molecule has 6 atom stereocenters. The van der Waals surface area contributed by atoms with E-state index in [1.165, 1.54) is 11.1 Å². The second kappa shape index (κ2) is 14.4. The van der Waals surface area contributed by atoms with Gasteiger partial charge in [0.1, 0.15) is 0 Å². The Bertz CT molecular complexity index is 806. The lowest BCUT2D eigenvalue weighted by Crippen LogP contribution is -2.49. The number of benzene rings is 1. The predicted molar refractivity (Wildman–Crippen MR) is 160 cm³/mol. The molecule has 0 aliphatic carbocycles. The van der Waals surface area contributed by atoms with Crippen LogP contribution in [-0.4, -0.2) is 45.5 Å². The summed E-state index contributed by atoms with van der Waals surface area (Å²) in [6.07, 6.45) is 2.79. The zero-order chi connectivity index (χ0) is 28.6. The highest BCUT2D eigenvalue weighted by Gasteiger charge is 2.41. The molecule has 0 bridgehead atoms. The van der Waals surface area contributed by atoms with Gasteiger partial charge in [0.15, 0.2) is 8.32 Å². The van der Waals surface area contributed by atoms with E-state index in [0.29, 0.717) is 19.1 Å². The maximum absolute atomic E-state index is 10.7. The molecule has 0 aliphatic rings. The van der Waals surface area contributed by atoms with Crippen LogP contribution < -0.4 is 0 Å². The first-order valence-electron chi connectivity index (χ1n) is 14.1. The van der Waals surface area contributed by atoms with Crippen LogP contribution in [0.2, 0.25) is 18.1 Å². The van der Waals surface area contributed by atoms with Crippen molar-refractivity contribution < 1.29 is 19.0 Å². The smallest absolute Gasteiger partial charge is 0.192 e. The van der Waals surface area contributed by atoms with E-state index in [9.17, 15) is 5.11 Å². The first-order chi connectivity index (χ1) is 16.9.